The first kappa shape index (κ1) is 13.7. The second-order valence-corrected chi connectivity index (χ2v) is 5.24. The third-order valence-corrected chi connectivity index (χ3v) is 3.48. The van der Waals surface area contributed by atoms with Gasteiger partial charge in [0, 0.05) is 28.3 Å². The van der Waals surface area contributed by atoms with E-state index in [2.05, 4.69) is 34.2 Å². The molecule has 2 aromatic carbocycles. The molecule has 3 nitrogen and oxygen atoms in total. The number of rotatable bonds is 4. The second-order valence-electron chi connectivity index (χ2n) is 4.32. The molecule has 4 heteroatoms. The second kappa shape index (κ2) is 5.97. The third-order valence-electron chi connectivity index (χ3n) is 2.99. The molecule has 19 heavy (non-hydrogen) atoms. The smallest absolute Gasteiger partial charge is 0.124 e. The van der Waals surface area contributed by atoms with Gasteiger partial charge in [0.25, 0.3) is 0 Å². The largest absolute Gasteiger partial charge is 0.508 e. The van der Waals surface area contributed by atoms with Crippen molar-refractivity contribution in [3.05, 3.63) is 52.0 Å². The van der Waals surface area contributed by atoms with Crippen molar-refractivity contribution in [3.63, 3.8) is 0 Å². The summed E-state index contributed by atoms with van der Waals surface area (Å²) in [4.78, 5) is 0. The van der Waals surface area contributed by atoms with Gasteiger partial charge in [-0.15, -0.1) is 0 Å². The third kappa shape index (κ3) is 3.41. The highest BCUT2D eigenvalue weighted by molar-refractivity contribution is 9.10. The van der Waals surface area contributed by atoms with Crippen molar-refractivity contribution in [2.45, 2.75) is 19.9 Å². The van der Waals surface area contributed by atoms with Crippen molar-refractivity contribution >= 4 is 21.6 Å². The Morgan fingerprint density at radius 3 is 2.53 bits per heavy atom. The van der Waals surface area contributed by atoms with Gasteiger partial charge in [-0.1, -0.05) is 22.9 Å². The summed E-state index contributed by atoms with van der Waals surface area (Å²) in [5.41, 5.74) is 3.02. The van der Waals surface area contributed by atoms with Gasteiger partial charge < -0.3 is 15.5 Å². The summed E-state index contributed by atoms with van der Waals surface area (Å²) in [6.07, 6.45) is 0.934. The minimum absolute atomic E-state index is 0.0686. The number of hydrogen-bond donors (Lipinski definition) is 3. The minimum Gasteiger partial charge on any atom is -0.508 e. The number of hydrogen-bond acceptors (Lipinski definition) is 3. The van der Waals surface area contributed by atoms with Crippen molar-refractivity contribution in [2.75, 3.05) is 5.32 Å². The van der Waals surface area contributed by atoms with E-state index in [1.165, 1.54) is 11.6 Å². The fourth-order valence-electron chi connectivity index (χ4n) is 1.92. The Labute approximate surface area is 121 Å². The Balaban J connectivity index is 2.14. The van der Waals surface area contributed by atoms with E-state index in [1.54, 1.807) is 12.1 Å². The molecule has 0 amide bonds. The summed E-state index contributed by atoms with van der Waals surface area (Å²) in [7, 11) is 0. The van der Waals surface area contributed by atoms with Crippen LogP contribution < -0.4 is 5.32 Å². The van der Waals surface area contributed by atoms with Crippen LogP contribution >= 0.6 is 15.9 Å². The molecular formula is C15H16BrNO2. The molecule has 100 valence electrons. The van der Waals surface area contributed by atoms with Crippen molar-refractivity contribution < 1.29 is 10.2 Å². The summed E-state index contributed by atoms with van der Waals surface area (Å²) >= 11 is 3.46. The molecule has 0 aliphatic heterocycles. The predicted molar refractivity (Wildman–Crippen MR) is 80.6 cm³/mol. The maximum atomic E-state index is 9.73. The molecule has 0 saturated heterocycles. The molecule has 2 aromatic rings. The summed E-state index contributed by atoms with van der Waals surface area (Å²) in [6, 6.07) is 10.7. The van der Waals surface area contributed by atoms with Crippen LogP contribution in [0.25, 0.3) is 0 Å². The summed E-state index contributed by atoms with van der Waals surface area (Å²) in [5, 5.41) is 22.3. The quantitative estimate of drug-likeness (QED) is 0.796. The van der Waals surface area contributed by atoms with Crippen LogP contribution in [0.5, 0.6) is 11.5 Å². The van der Waals surface area contributed by atoms with Crippen LogP contribution in [0, 0.1) is 0 Å². The standard InChI is InChI=1S/C15H16BrNO2/c1-2-10-7-12(16)4-6-14(10)17-9-11-3-5-13(18)8-15(11)19/h3-8,17-19H,2,9H2,1H3. The monoisotopic (exact) mass is 321 g/mol. The average Bonchev–Trinajstić information content (AvgIpc) is 2.39. The molecule has 0 radical (unpaired) electrons. The maximum absolute atomic E-state index is 9.73. The summed E-state index contributed by atoms with van der Waals surface area (Å²) in [5.74, 6) is 0.168. The van der Waals surface area contributed by atoms with Crippen LogP contribution in [0.1, 0.15) is 18.1 Å². The minimum atomic E-state index is 0.0686. The lowest BCUT2D eigenvalue weighted by atomic mass is 10.1. The maximum Gasteiger partial charge on any atom is 0.124 e. The van der Waals surface area contributed by atoms with E-state index in [0.717, 1.165) is 22.1 Å². The van der Waals surface area contributed by atoms with Gasteiger partial charge in [-0.05, 0) is 42.3 Å². The van der Waals surface area contributed by atoms with Gasteiger partial charge in [-0.2, -0.15) is 0 Å². The van der Waals surface area contributed by atoms with Crippen molar-refractivity contribution in [2.24, 2.45) is 0 Å². The summed E-state index contributed by atoms with van der Waals surface area (Å²) in [6.45, 7) is 2.62. The number of halogens is 1. The van der Waals surface area contributed by atoms with Crippen LogP contribution in [-0.2, 0) is 13.0 Å². The number of anilines is 1. The Bertz CT molecular complexity index is 584. The van der Waals surface area contributed by atoms with Gasteiger partial charge in [0.1, 0.15) is 11.5 Å². The van der Waals surface area contributed by atoms with E-state index in [0.29, 0.717) is 6.54 Å². The van der Waals surface area contributed by atoms with E-state index >= 15 is 0 Å². The van der Waals surface area contributed by atoms with E-state index in [1.807, 2.05) is 12.1 Å². The van der Waals surface area contributed by atoms with E-state index in [4.69, 9.17) is 0 Å². The molecular weight excluding hydrogens is 306 g/mol. The molecule has 0 unspecified atom stereocenters. The van der Waals surface area contributed by atoms with Gasteiger partial charge in [0.2, 0.25) is 0 Å². The van der Waals surface area contributed by atoms with Gasteiger partial charge in [0.05, 0.1) is 0 Å². The fraction of sp³-hybridized carbons (Fsp3) is 0.200. The molecule has 0 bridgehead atoms. The predicted octanol–water partition coefficient (Wildman–Crippen LogP) is 4.03. The van der Waals surface area contributed by atoms with E-state index in [-0.39, 0.29) is 11.5 Å². The van der Waals surface area contributed by atoms with Crippen LogP contribution in [0.4, 0.5) is 5.69 Å². The van der Waals surface area contributed by atoms with Crippen LogP contribution in [0.2, 0.25) is 0 Å². The molecule has 0 heterocycles. The Kier molecular flexibility index (Phi) is 4.32. The van der Waals surface area contributed by atoms with Crippen LogP contribution in [0.3, 0.4) is 0 Å². The van der Waals surface area contributed by atoms with Gasteiger partial charge in [-0.3, -0.25) is 0 Å². The van der Waals surface area contributed by atoms with Crippen molar-refractivity contribution in [1.29, 1.82) is 0 Å². The normalized spacial score (nSPS) is 10.4. The highest BCUT2D eigenvalue weighted by atomic mass is 79.9. The highest BCUT2D eigenvalue weighted by Gasteiger charge is 2.05. The molecule has 2 rings (SSSR count). The zero-order valence-electron chi connectivity index (χ0n) is 10.7. The fourth-order valence-corrected chi connectivity index (χ4v) is 2.33. The Morgan fingerprint density at radius 1 is 1.05 bits per heavy atom. The number of aryl methyl sites for hydroxylation is 1. The van der Waals surface area contributed by atoms with Crippen molar-refractivity contribution in [3.8, 4) is 11.5 Å². The van der Waals surface area contributed by atoms with Crippen LogP contribution in [0.15, 0.2) is 40.9 Å². The lowest BCUT2D eigenvalue weighted by Crippen LogP contribution is -2.02. The molecule has 3 N–H and O–H groups in total. The zero-order valence-corrected chi connectivity index (χ0v) is 12.2. The number of phenolic OH excluding ortho intramolecular Hbond substituents is 2. The lowest BCUT2D eigenvalue weighted by molar-refractivity contribution is 0.446. The number of nitrogens with one attached hydrogen (secondary N) is 1. The first-order valence-corrected chi connectivity index (χ1v) is 6.92. The Morgan fingerprint density at radius 2 is 1.84 bits per heavy atom. The average molecular weight is 322 g/mol. The van der Waals surface area contributed by atoms with Gasteiger partial charge in [0.15, 0.2) is 0 Å². The molecule has 0 spiro atoms. The molecule has 0 aliphatic carbocycles. The van der Waals surface area contributed by atoms with E-state index in [9.17, 15) is 10.2 Å². The SMILES string of the molecule is CCc1cc(Br)ccc1NCc1ccc(O)cc1O. The summed E-state index contributed by atoms with van der Waals surface area (Å²) < 4.78 is 1.06. The van der Waals surface area contributed by atoms with E-state index < -0.39 is 0 Å². The molecule has 0 aromatic heterocycles. The number of aromatic hydroxyl groups is 2. The number of benzene rings is 2. The molecule has 0 atom stereocenters. The first-order chi connectivity index (χ1) is 9.10. The zero-order chi connectivity index (χ0) is 13.8. The van der Waals surface area contributed by atoms with Gasteiger partial charge in [-0.25, -0.2) is 0 Å². The Hall–Kier alpha value is -1.68. The molecule has 0 fully saturated rings. The topological polar surface area (TPSA) is 52.5 Å². The van der Waals surface area contributed by atoms with Crippen LogP contribution in [-0.4, -0.2) is 10.2 Å². The van der Waals surface area contributed by atoms with Crippen molar-refractivity contribution in [1.82, 2.24) is 0 Å². The lowest BCUT2D eigenvalue weighted by Gasteiger charge is -2.12. The highest BCUT2D eigenvalue weighted by Crippen LogP contribution is 2.25. The molecule has 0 aliphatic rings. The first-order valence-electron chi connectivity index (χ1n) is 6.13. The number of phenols is 2. The van der Waals surface area contributed by atoms with Gasteiger partial charge >= 0.3 is 0 Å². The molecule has 0 saturated carbocycles.